The maximum Gasteiger partial charge on any atom is 0.238 e. The van der Waals surface area contributed by atoms with Crippen LogP contribution in [0.2, 0.25) is 0 Å². The molecule has 0 saturated heterocycles. The Balaban J connectivity index is 2.24. The van der Waals surface area contributed by atoms with Crippen LogP contribution in [0.5, 0.6) is 0 Å². The third-order valence-corrected chi connectivity index (χ3v) is 3.72. The van der Waals surface area contributed by atoms with Gasteiger partial charge in [0.05, 0.1) is 0 Å². The average molecular weight is 333 g/mol. The molecule has 0 aromatic heterocycles. The highest BCUT2D eigenvalue weighted by Gasteiger charge is 2.09. The lowest BCUT2D eigenvalue weighted by molar-refractivity contribution is -0.129. The average Bonchev–Trinajstić information content (AvgIpc) is 2.54. The molecule has 0 saturated carbocycles. The maximum absolute atomic E-state index is 11.8. The van der Waals surface area contributed by atoms with E-state index in [1.54, 1.807) is 0 Å². The third-order valence-electron chi connectivity index (χ3n) is 3.72. The molecule has 0 atom stereocenters. The molecule has 1 aromatic carbocycles. The Labute approximate surface area is 143 Å². The van der Waals surface area contributed by atoms with Gasteiger partial charge in [-0.05, 0) is 43.5 Å². The molecule has 0 aliphatic rings. The Morgan fingerprint density at radius 1 is 0.833 bits per heavy atom. The Kier molecular flexibility index (Phi) is 8.54. The van der Waals surface area contributed by atoms with E-state index in [9.17, 15) is 14.4 Å². The molecule has 0 radical (unpaired) electrons. The highest BCUT2D eigenvalue weighted by Crippen LogP contribution is 2.14. The van der Waals surface area contributed by atoms with Crippen LogP contribution in [0.4, 0.5) is 5.69 Å². The van der Waals surface area contributed by atoms with Gasteiger partial charge < -0.3 is 5.32 Å². The van der Waals surface area contributed by atoms with Crippen LogP contribution in [0.25, 0.3) is 0 Å². The standard InChI is InChI=1S/C18H27N3O3/c1-4-5-6-7-17(23)20-21-18(24)11-10-16(22)19-15-9-8-13(2)14(3)12-15/h8-9,12H,4-7,10-11H2,1-3H3,(H,19,22)(H,20,23)(H,21,24). The van der Waals surface area contributed by atoms with E-state index >= 15 is 0 Å². The number of rotatable bonds is 8. The van der Waals surface area contributed by atoms with Gasteiger partial charge in [-0.3, -0.25) is 25.2 Å². The Morgan fingerprint density at radius 2 is 1.46 bits per heavy atom. The van der Waals surface area contributed by atoms with Crippen molar-refractivity contribution in [3.8, 4) is 0 Å². The first-order chi connectivity index (χ1) is 11.4. The molecule has 0 aliphatic heterocycles. The lowest BCUT2D eigenvalue weighted by atomic mass is 10.1. The van der Waals surface area contributed by atoms with Crippen molar-refractivity contribution in [2.45, 2.75) is 59.3 Å². The number of amides is 3. The molecule has 3 N–H and O–H groups in total. The molecule has 0 spiro atoms. The normalized spacial score (nSPS) is 10.1. The molecule has 1 rings (SSSR count). The van der Waals surface area contributed by atoms with Crippen LogP contribution in [0, 0.1) is 13.8 Å². The molecule has 0 unspecified atom stereocenters. The lowest BCUT2D eigenvalue weighted by Crippen LogP contribution is -2.41. The van der Waals surface area contributed by atoms with Crippen LogP contribution in [-0.2, 0) is 14.4 Å². The van der Waals surface area contributed by atoms with Crippen molar-refractivity contribution in [1.82, 2.24) is 10.9 Å². The van der Waals surface area contributed by atoms with E-state index in [1.165, 1.54) is 0 Å². The quantitative estimate of drug-likeness (QED) is 0.505. The Hall–Kier alpha value is -2.37. The van der Waals surface area contributed by atoms with E-state index in [0.717, 1.165) is 30.4 Å². The predicted octanol–water partition coefficient (Wildman–Crippen LogP) is 2.75. The third kappa shape index (κ3) is 7.76. The second-order valence-corrected chi connectivity index (χ2v) is 5.90. The summed E-state index contributed by atoms with van der Waals surface area (Å²) >= 11 is 0. The van der Waals surface area contributed by atoms with Gasteiger partial charge in [-0.2, -0.15) is 0 Å². The van der Waals surface area contributed by atoms with Gasteiger partial charge in [0.15, 0.2) is 0 Å². The summed E-state index contributed by atoms with van der Waals surface area (Å²) in [5, 5.41) is 2.76. The van der Waals surface area contributed by atoms with E-state index in [2.05, 4.69) is 23.1 Å². The van der Waals surface area contributed by atoms with Gasteiger partial charge in [-0.1, -0.05) is 25.8 Å². The lowest BCUT2D eigenvalue weighted by Gasteiger charge is -2.09. The number of aryl methyl sites for hydroxylation is 2. The molecule has 24 heavy (non-hydrogen) atoms. The summed E-state index contributed by atoms with van der Waals surface area (Å²) in [6.45, 7) is 6.03. The summed E-state index contributed by atoms with van der Waals surface area (Å²) in [6, 6.07) is 5.66. The number of nitrogens with one attached hydrogen (secondary N) is 3. The van der Waals surface area contributed by atoms with Crippen molar-refractivity contribution in [3.63, 3.8) is 0 Å². The van der Waals surface area contributed by atoms with Crippen molar-refractivity contribution in [2.75, 3.05) is 5.32 Å². The number of hydrazine groups is 1. The second-order valence-electron chi connectivity index (χ2n) is 5.90. The smallest absolute Gasteiger partial charge is 0.238 e. The Morgan fingerprint density at radius 3 is 2.08 bits per heavy atom. The zero-order valence-electron chi connectivity index (χ0n) is 14.7. The molecular formula is C18H27N3O3. The number of carbonyl (C=O) groups is 3. The van der Waals surface area contributed by atoms with E-state index in [0.29, 0.717) is 12.1 Å². The van der Waals surface area contributed by atoms with E-state index in [4.69, 9.17) is 0 Å². The predicted molar refractivity (Wildman–Crippen MR) is 94.2 cm³/mol. The van der Waals surface area contributed by atoms with E-state index in [-0.39, 0.29) is 30.6 Å². The Bertz CT molecular complexity index is 585. The number of carbonyl (C=O) groups excluding carboxylic acids is 3. The molecule has 0 heterocycles. The van der Waals surface area contributed by atoms with E-state index in [1.807, 2.05) is 32.0 Å². The SMILES string of the molecule is CCCCCC(=O)NNC(=O)CCC(=O)Nc1ccc(C)c(C)c1. The summed E-state index contributed by atoms with van der Waals surface area (Å²) in [4.78, 5) is 34.9. The largest absolute Gasteiger partial charge is 0.326 e. The fraction of sp³-hybridized carbons (Fsp3) is 0.500. The monoisotopic (exact) mass is 333 g/mol. The molecule has 0 fully saturated rings. The first kappa shape index (κ1) is 19.7. The summed E-state index contributed by atoms with van der Waals surface area (Å²) in [5.74, 6) is -0.826. The number of benzene rings is 1. The molecule has 0 bridgehead atoms. The van der Waals surface area contributed by atoms with Crippen LogP contribution in [0.1, 0.15) is 56.6 Å². The minimum absolute atomic E-state index is 0.0198. The fourth-order valence-electron chi connectivity index (χ4n) is 2.07. The first-order valence-electron chi connectivity index (χ1n) is 8.37. The van der Waals surface area contributed by atoms with Crippen LogP contribution in [0.3, 0.4) is 0 Å². The summed E-state index contributed by atoms with van der Waals surface area (Å²) in [6.07, 6.45) is 3.30. The highest BCUT2D eigenvalue weighted by molar-refractivity contribution is 5.93. The maximum atomic E-state index is 11.8. The van der Waals surface area contributed by atoms with Crippen molar-refractivity contribution in [1.29, 1.82) is 0 Å². The molecule has 6 nitrogen and oxygen atoms in total. The summed E-state index contributed by atoms with van der Waals surface area (Å²) < 4.78 is 0. The highest BCUT2D eigenvalue weighted by atomic mass is 16.2. The van der Waals surface area contributed by atoms with Crippen LogP contribution in [-0.4, -0.2) is 17.7 Å². The van der Waals surface area contributed by atoms with Gasteiger partial charge in [0.25, 0.3) is 0 Å². The van der Waals surface area contributed by atoms with Crippen LogP contribution >= 0.6 is 0 Å². The van der Waals surface area contributed by atoms with Gasteiger partial charge in [-0.25, -0.2) is 0 Å². The molecular weight excluding hydrogens is 306 g/mol. The summed E-state index contributed by atoms with van der Waals surface area (Å²) in [5.41, 5.74) is 7.65. The topological polar surface area (TPSA) is 87.3 Å². The molecule has 1 aromatic rings. The summed E-state index contributed by atoms with van der Waals surface area (Å²) in [7, 11) is 0. The number of anilines is 1. The number of unbranched alkanes of at least 4 members (excludes halogenated alkanes) is 2. The van der Waals surface area contributed by atoms with Crippen molar-refractivity contribution >= 4 is 23.4 Å². The first-order valence-corrected chi connectivity index (χ1v) is 8.37. The molecule has 0 aliphatic carbocycles. The molecule has 132 valence electrons. The van der Waals surface area contributed by atoms with Gasteiger partial charge >= 0.3 is 0 Å². The van der Waals surface area contributed by atoms with Crippen LogP contribution < -0.4 is 16.2 Å². The second kappa shape index (κ2) is 10.4. The zero-order valence-corrected chi connectivity index (χ0v) is 14.7. The van der Waals surface area contributed by atoms with Gasteiger partial charge in [-0.15, -0.1) is 0 Å². The van der Waals surface area contributed by atoms with Crippen molar-refractivity contribution in [3.05, 3.63) is 29.3 Å². The zero-order chi connectivity index (χ0) is 17.9. The molecule has 6 heteroatoms. The van der Waals surface area contributed by atoms with Gasteiger partial charge in [0.1, 0.15) is 0 Å². The van der Waals surface area contributed by atoms with E-state index < -0.39 is 0 Å². The van der Waals surface area contributed by atoms with Crippen LogP contribution in [0.15, 0.2) is 18.2 Å². The minimum Gasteiger partial charge on any atom is -0.326 e. The minimum atomic E-state index is -0.380. The van der Waals surface area contributed by atoms with Gasteiger partial charge in [0, 0.05) is 24.9 Å². The molecule has 3 amide bonds. The number of hydrogen-bond donors (Lipinski definition) is 3. The van der Waals surface area contributed by atoms with Crippen molar-refractivity contribution in [2.24, 2.45) is 0 Å². The van der Waals surface area contributed by atoms with Gasteiger partial charge in [0.2, 0.25) is 17.7 Å². The fourth-order valence-corrected chi connectivity index (χ4v) is 2.07. The number of hydrogen-bond acceptors (Lipinski definition) is 3. The van der Waals surface area contributed by atoms with Crippen molar-refractivity contribution < 1.29 is 14.4 Å².